The van der Waals surface area contributed by atoms with Crippen LogP contribution in [0.2, 0.25) is 0 Å². The van der Waals surface area contributed by atoms with Gasteiger partial charge in [0.2, 0.25) is 0 Å². The number of benzene rings is 3. The maximum absolute atomic E-state index is 13.4. The molecule has 0 radical (unpaired) electrons. The third-order valence-electron chi connectivity index (χ3n) is 4.26. The molecule has 3 aromatic carbocycles. The lowest BCUT2D eigenvalue weighted by molar-refractivity contribution is 0.588. The molecule has 0 bridgehead atoms. The minimum atomic E-state index is -3.71. The van der Waals surface area contributed by atoms with Gasteiger partial charge in [-0.2, -0.15) is 0 Å². The van der Waals surface area contributed by atoms with Crippen molar-refractivity contribution in [2.45, 2.75) is 15.5 Å². The van der Waals surface area contributed by atoms with E-state index in [9.17, 15) is 8.42 Å². The molecule has 0 spiro atoms. The lowest BCUT2D eigenvalue weighted by atomic mass is 10.2. The quantitative estimate of drug-likeness (QED) is 0.348. The molecular formula is C21H16BrNO2S2. The zero-order chi connectivity index (χ0) is 18.9. The monoisotopic (exact) mass is 457 g/mol. The van der Waals surface area contributed by atoms with E-state index in [0.717, 1.165) is 20.4 Å². The topological polar surface area (TPSA) is 39.1 Å². The lowest BCUT2D eigenvalue weighted by Gasteiger charge is -2.12. The third kappa shape index (κ3) is 3.45. The predicted octanol–water partition coefficient (Wildman–Crippen LogP) is 5.93. The van der Waals surface area contributed by atoms with Crippen LogP contribution < -0.4 is 0 Å². The molecule has 0 aliphatic carbocycles. The van der Waals surface area contributed by atoms with Gasteiger partial charge in [0.05, 0.1) is 16.1 Å². The van der Waals surface area contributed by atoms with Gasteiger partial charge in [0.1, 0.15) is 0 Å². The first-order valence-corrected chi connectivity index (χ1v) is 11.6. The molecule has 1 aromatic heterocycles. The molecule has 0 saturated carbocycles. The Hall–Kier alpha value is -2.02. The minimum Gasteiger partial charge on any atom is -0.236 e. The second-order valence-electron chi connectivity index (χ2n) is 5.96. The van der Waals surface area contributed by atoms with E-state index in [4.69, 9.17) is 0 Å². The van der Waals surface area contributed by atoms with E-state index in [0.29, 0.717) is 11.3 Å². The number of halogens is 1. The second-order valence-corrected chi connectivity index (χ2v) is 9.59. The van der Waals surface area contributed by atoms with Crippen LogP contribution in [0.4, 0.5) is 0 Å². The van der Waals surface area contributed by atoms with E-state index in [2.05, 4.69) is 15.9 Å². The standard InChI is InChI=1S/C21H16BrNO2S2/c22-21-18-13-7-8-14-19(18)23(27(24,25)17-11-5-2-6-12-17)20(21)15-26-16-9-3-1-4-10-16/h1-14H,15H2. The van der Waals surface area contributed by atoms with Crippen molar-refractivity contribution in [3.8, 4) is 0 Å². The van der Waals surface area contributed by atoms with Gasteiger partial charge in [0.25, 0.3) is 10.0 Å². The fraction of sp³-hybridized carbons (Fsp3) is 0.0476. The molecule has 0 N–H and O–H groups in total. The van der Waals surface area contributed by atoms with E-state index in [1.807, 2.05) is 60.7 Å². The highest BCUT2D eigenvalue weighted by Gasteiger charge is 2.25. The number of aromatic nitrogens is 1. The minimum absolute atomic E-state index is 0.282. The van der Waals surface area contributed by atoms with Gasteiger partial charge in [-0.3, -0.25) is 0 Å². The molecule has 0 saturated heterocycles. The molecule has 0 unspecified atom stereocenters. The molecular weight excluding hydrogens is 442 g/mol. The van der Waals surface area contributed by atoms with Crippen molar-refractivity contribution in [1.29, 1.82) is 0 Å². The summed E-state index contributed by atoms with van der Waals surface area (Å²) in [6.45, 7) is 0. The molecule has 0 aliphatic heterocycles. The molecule has 6 heteroatoms. The van der Waals surface area contributed by atoms with E-state index < -0.39 is 10.0 Å². The van der Waals surface area contributed by atoms with Crippen LogP contribution >= 0.6 is 27.7 Å². The number of hydrogen-bond donors (Lipinski definition) is 0. The maximum atomic E-state index is 13.4. The number of fused-ring (bicyclic) bond motifs is 1. The van der Waals surface area contributed by atoms with E-state index in [1.54, 1.807) is 36.0 Å². The van der Waals surface area contributed by atoms with Gasteiger partial charge >= 0.3 is 0 Å². The molecule has 1 heterocycles. The highest BCUT2D eigenvalue weighted by atomic mass is 79.9. The summed E-state index contributed by atoms with van der Waals surface area (Å²) >= 11 is 5.26. The van der Waals surface area contributed by atoms with Crippen LogP contribution in [0, 0.1) is 0 Å². The highest BCUT2D eigenvalue weighted by Crippen LogP contribution is 2.37. The van der Waals surface area contributed by atoms with E-state index in [1.165, 1.54) is 3.97 Å². The summed E-state index contributed by atoms with van der Waals surface area (Å²) < 4.78 is 29.1. The normalized spacial score (nSPS) is 11.7. The Labute approximate surface area is 171 Å². The first-order chi connectivity index (χ1) is 13.1. The number of para-hydroxylation sites is 1. The Bertz CT molecular complexity index is 1190. The van der Waals surface area contributed by atoms with Crippen LogP contribution in [0.25, 0.3) is 10.9 Å². The first-order valence-electron chi connectivity index (χ1n) is 8.35. The average Bonchev–Trinajstić information content (AvgIpc) is 3.00. The van der Waals surface area contributed by atoms with Crippen LogP contribution in [0.3, 0.4) is 0 Å². The fourth-order valence-electron chi connectivity index (χ4n) is 2.99. The summed E-state index contributed by atoms with van der Waals surface area (Å²) in [4.78, 5) is 1.38. The van der Waals surface area contributed by atoms with Crippen molar-refractivity contribution in [3.63, 3.8) is 0 Å². The Morgan fingerprint density at radius 2 is 1.41 bits per heavy atom. The van der Waals surface area contributed by atoms with Crippen LogP contribution in [0.1, 0.15) is 5.69 Å². The van der Waals surface area contributed by atoms with Gasteiger partial charge < -0.3 is 0 Å². The molecule has 3 nitrogen and oxygen atoms in total. The number of hydrogen-bond acceptors (Lipinski definition) is 3. The van der Waals surface area contributed by atoms with Crippen molar-refractivity contribution in [2.24, 2.45) is 0 Å². The largest absolute Gasteiger partial charge is 0.268 e. The molecule has 4 aromatic rings. The zero-order valence-electron chi connectivity index (χ0n) is 14.2. The predicted molar refractivity (Wildman–Crippen MR) is 115 cm³/mol. The Morgan fingerprint density at radius 3 is 2.11 bits per heavy atom. The van der Waals surface area contributed by atoms with Gasteiger partial charge in [-0.1, -0.05) is 54.6 Å². The Balaban J connectivity index is 1.88. The van der Waals surface area contributed by atoms with Gasteiger partial charge in [0, 0.05) is 20.5 Å². The van der Waals surface area contributed by atoms with Gasteiger partial charge in [-0.05, 0) is 46.3 Å². The van der Waals surface area contributed by atoms with E-state index in [-0.39, 0.29) is 4.90 Å². The van der Waals surface area contributed by atoms with Gasteiger partial charge in [-0.15, -0.1) is 11.8 Å². The molecule has 0 aliphatic rings. The molecule has 0 amide bonds. The Morgan fingerprint density at radius 1 is 0.815 bits per heavy atom. The summed E-state index contributed by atoms with van der Waals surface area (Å²) in [6.07, 6.45) is 0. The van der Waals surface area contributed by atoms with Crippen molar-refractivity contribution in [3.05, 3.63) is 95.1 Å². The van der Waals surface area contributed by atoms with E-state index >= 15 is 0 Å². The van der Waals surface area contributed by atoms with Crippen LogP contribution in [-0.4, -0.2) is 12.4 Å². The van der Waals surface area contributed by atoms with Crippen LogP contribution in [0.15, 0.2) is 99.2 Å². The second kappa shape index (κ2) is 7.54. The van der Waals surface area contributed by atoms with Crippen molar-refractivity contribution in [2.75, 3.05) is 0 Å². The maximum Gasteiger partial charge on any atom is 0.268 e. The molecule has 0 atom stereocenters. The smallest absolute Gasteiger partial charge is 0.236 e. The third-order valence-corrected chi connectivity index (χ3v) is 7.93. The number of rotatable bonds is 5. The molecule has 4 rings (SSSR count). The lowest BCUT2D eigenvalue weighted by Crippen LogP contribution is -2.15. The van der Waals surface area contributed by atoms with Crippen molar-refractivity contribution >= 4 is 48.6 Å². The number of thioether (sulfide) groups is 1. The van der Waals surface area contributed by atoms with Crippen molar-refractivity contribution in [1.82, 2.24) is 3.97 Å². The van der Waals surface area contributed by atoms with Crippen molar-refractivity contribution < 1.29 is 8.42 Å². The van der Waals surface area contributed by atoms with Crippen LogP contribution in [0.5, 0.6) is 0 Å². The Kier molecular flexibility index (Phi) is 5.12. The fourth-order valence-corrected chi connectivity index (χ4v) is 6.53. The summed E-state index contributed by atoms with van der Waals surface area (Å²) in [5.74, 6) is 0.533. The van der Waals surface area contributed by atoms with Gasteiger partial charge in [0.15, 0.2) is 0 Å². The molecule has 27 heavy (non-hydrogen) atoms. The molecule has 136 valence electrons. The summed E-state index contributed by atoms with van der Waals surface area (Å²) in [5.41, 5.74) is 1.41. The number of nitrogens with zero attached hydrogens (tertiary/aromatic N) is 1. The SMILES string of the molecule is O=S(=O)(c1ccccc1)n1c(CSc2ccccc2)c(Br)c2ccccc21. The summed E-state index contributed by atoms with van der Waals surface area (Å²) in [7, 11) is -3.71. The van der Waals surface area contributed by atoms with Crippen LogP contribution in [-0.2, 0) is 15.8 Å². The first kappa shape index (κ1) is 18.3. The summed E-state index contributed by atoms with van der Waals surface area (Å²) in [5, 5.41) is 0.890. The zero-order valence-corrected chi connectivity index (χ0v) is 17.5. The highest BCUT2D eigenvalue weighted by molar-refractivity contribution is 9.10. The average molecular weight is 458 g/mol. The molecule has 0 fully saturated rings. The van der Waals surface area contributed by atoms with Gasteiger partial charge in [-0.25, -0.2) is 12.4 Å². The summed E-state index contributed by atoms with van der Waals surface area (Å²) in [6, 6.07) is 26.1.